The van der Waals surface area contributed by atoms with Crippen molar-refractivity contribution in [2.45, 2.75) is 45.6 Å². The molecule has 1 saturated heterocycles. The summed E-state index contributed by atoms with van der Waals surface area (Å²) in [4.78, 5) is 17.4. The molecule has 2 heterocycles. The molecule has 1 aromatic heterocycles. The number of amides is 1. The lowest BCUT2D eigenvalue weighted by atomic mass is 9.93. The van der Waals surface area contributed by atoms with Crippen LogP contribution in [0.5, 0.6) is 0 Å². The third kappa shape index (κ3) is 4.91. The summed E-state index contributed by atoms with van der Waals surface area (Å²) in [6.07, 6.45) is 7.00. The molecular formula is C14H23N3OS. The second-order valence-corrected chi connectivity index (χ2v) is 6.28. The third-order valence-corrected chi connectivity index (χ3v) is 4.77. The minimum absolute atomic E-state index is 0.159. The summed E-state index contributed by atoms with van der Waals surface area (Å²) in [6, 6.07) is 0. The van der Waals surface area contributed by atoms with E-state index >= 15 is 0 Å². The summed E-state index contributed by atoms with van der Waals surface area (Å²) in [5.41, 5.74) is 0. The molecule has 0 spiro atoms. The van der Waals surface area contributed by atoms with E-state index in [-0.39, 0.29) is 5.91 Å². The first kappa shape index (κ1) is 14.5. The minimum Gasteiger partial charge on any atom is -0.350 e. The summed E-state index contributed by atoms with van der Waals surface area (Å²) in [7, 11) is 0. The number of carbonyl (C=O) groups is 1. The van der Waals surface area contributed by atoms with Crippen molar-refractivity contribution in [2.75, 3.05) is 13.1 Å². The third-order valence-electron chi connectivity index (χ3n) is 3.63. The summed E-state index contributed by atoms with van der Waals surface area (Å²) >= 11 is 1.69. The number of nitrogens with one attached hydrogen (secondary N) is 2. The Hall–Kier alpha value is -0.940. The van der Waals surface area contributed by atoms with Gasteiger partial charge >= 0.3 is 0 Å². The van der Waals surface area contributed by atoms with Crippen molar-refractivity contribution in [1.82, 2.24) is 15.6 Å². The maximum atomic E-state index is 11.8. The molecule has 2 N–H and O–H groups in total. The van der Waals surface area contributed by atoms with Crippen molar-refractivity contribution >= 4 is 17.2 Å². The van der Waals surface area contributed by atoms with Gasteiger partial charge in [0, 0.05) is 17.5 Å². The van der Waals surface area contributed by atoms with Gasteiger partial charge < -0.3 is 10.6 Å². The Morgan fingerprint density at radius 2 is 2.32 bits per heavy atom. The highest BCUT2D eigenvalue weighted by Gasteiger charge is 2.14. The van der Waals surface area contributed by atoms with Crippen molar-refractivity contribution in [1.29, 1.82) is 0 Å². The van der Waals surface area contributed by atoms with Gasteiger partial charge in [-0.2, -0.15) is 0 Å². The molecule has 0 aromatic carbocycles. The average molecular weight is 281 g/mol. The van der Waals surface area contributed by atoms with Gasteiger partial charge in [-0.05, 0) is 44.7 Å². The topological polar surface area (TPSA) is 54.0 Å². The van der Waals surface area contributed by atoms with Crippen molar-refractivity contribution < 1.29 is 4.79 Å². The zero-order valence-corrected chi connectivity index (χ0v) is 12.4. The summed E-state index contributed by atoms with van der Waals surface area (Å²) in [6.45, 7) is 4.90. The van der Waals surface area contributed by atoms with E-state index in [1.54, 1.807) is 11.3 Å². The number of aromatic nitrogens is 1. The van der Waals surface area contributed by atoms with Crippen LogP contribution in [0.25, 0.3) is 0 Å². The highest BCUT2D eigenvalue weighted by atomic mass is 32.1. The zero-order chi connectivity index (χ0) is 13.5. The van der Waals surface area contributed by atoms with Crippen LogP contribution in [0, 0.1) is 5.92 Å². The Kier molecular flexibility index (Phi) is 5.79. The number of carbonyl (C=O) groups excluding carboxylic acids is 1. The first-order valence-corrected chi connectivity index (χ1v) is 8.00. The van der Waals surface area contributed by atoms with Crippen LogP contribution in [0.3, 0.4) is 0 Å². The maximum Gasteiger partial charge on any atom is 0.220 e. The Labute approximate surface area is 119 Å². The minimum atomic E-state index is 0.159. The Balaban J connectivity index is 1.63. The highest BCUT2D eigenvalue weighted by Crippen LogP contribution is 2.17. The lowest BCUT2D eigenvalue weighted by Crippen LogP contribution is -2.29. The quantitative estimate of drug-likeness (QED) is 0.839. The smallest absolute Gasteiger partial charge is 0.220 e. The van der Waals surface area contributed by atoms with Gasteiger partial charge in [0.1, 0.15) is 5.01 Å². The molecule has 106 valence electrons. The number of hydrogen-bond acceptors (Lipinski definition) is 4. The monoisotopic (exact) mass is 281 g/mol. The van der Waals surface area contributed by atoms with Crippen molar-refractivity contribution in [3.63, 3.8) is 0 Å². The maximum absolute atomic E-state index is 11.8. The number of aryl methyl sites for hydroxylation is 1. The van der Waals surface area contributed by atoms with E-state index in [4.69, 9.17) is 0 Å². The molecular weight excluding hydrogens is 258 g/mol. The SMILES string of the molecule is CCc1cnc(CNC(=O)CCC2CCNCC2)s1. The van der Waals surface area contributed by atoms with Crippen molar-refractivity contribution in [3.05, 3.63) is 16.1 Å². The van der Waals surface area contributed by atoms with Crippen LogP contribution in [-0.4, -0.2) is 24.0 Å². The van der Waals surface area contributed by atoms with E-state index in [2.05, 4.69) is 22.5 Å². The molecule has 0 unspecified atom stereocenters. The highest BCUT2D eigenvalue weighted by molar-refractivity contribution is 7.11. The van der Waals surface area contributed by atoms with E-state index in [0.717, 1.165) is 36.9 Å². The van der Waals surface area contributed by atoms with Crippen LogP contribution < -0.4 is 10.6 Å². The van der Waals surface area contributed by atoms with Crippen LogP contribution in [0.1, 0.15) is 42.5 Å². The van der Waals surface area contributed by atoms with Crippen LogP contribution in [0.2, 0.25) is 0 Å². The summed E-state index contributed by atoms with van der Waals surface area (Å²) in [5.74, 6) is 0.880. The predicted molar refractivity (Wildman–Crippen MR) is 78.2 cm³/mol. The zero-order valence-electron chi connectivity index (χ0n) is 11.6. The molecule has 0 aliphatic carbocycles. The number of nitrogens with zero attached hydrogens (tertiary/aromatic N) is 1. The van der Waals surface area contributed by atoms with Gasteiger partial charge in [-0.1, -0.05) is 6.92 Å². The first-order valence-electron chi connectivity index (χ1n) is 7.19. The average Bonchev–Trinajstić information content (AvgIpc) is 2.92. The second-order valence-electron chi connectivity index (χ2n) is 5.08. The first-order chi connectivity index (χ1) is 9.28. The Morgan fingerprint density at radius 3 is 3.00 bits per heavy atom. The second kappa shape index (κ2) is 7.60. The lowest BCUT2D eigenvalue weighted by molar-refractivity contribution is -0.121. The molecule has 1 fully saturated rings. The van der Waals surface area contributed by atoms with Crippen LogP contribution in [0.15, 0.2) is 6.20 Å². The lowest BCUT2D eigenvalue weighted by Gasteiger charge is -2.22. The van der Waals surface area contributed by atoms with E-state index < -0.39 is 0 Å². The molecule has 1 aromatic rings. The van der Waals surface area contributed by atoms with Gasteiger partial charge in [-0.3, -0.25) is 4.79 Å². The normalized spacial score (nSPS) is 16.5. The fraction of sp³-hybridized carbons (Fsp3) is 0.714. The number of hydrogen-bond donors (Lipinski definition) is 2. The molecule has 5 heteroatoms. The van der Waals surface area contributed by atoms with E-state index in [0.29, 0.717) is 13.0 Å². The molecule has 1 amide bonds. The molecule has 4 nitrogen and oxygen atoms in total. The standard InChI is InChI=1S/C14H23N3OS/c1-2-12-9-17-14(19-12)10-16-13(18)4-3-11-5-7-15-8-6-11/h9,11,15H,2-8,10H2,1H3,(H,16,18). The molecule has 0 radical (unpaired) electrons. The van der Waals surface area contributed by atoms with Gasteiger partial charge in [0.2, 0.25) is 5.91 Å². The number of piperidine rings is 1. The predicted octanol–water partition coefficient (Wildman–Crippen LogP) is 2.10. The fourth-order valence-electron chi connectivity index (χ4n) is 2.36. The van der Waals surface area contributed by atoms with E-state index in [1.807, 2.05) is 6.20 Å². The number of rotatable bonds is 6. The van der Waals surface area contributed by atoms with Crippen molar-refractivity contribution in [2.24, 2.45) is 5.92 Å². The van der Waals surface area contributed by atoms with Gasteiger partial charge in [0.15, 0.2) is 0 Å². The van der Waals surface area contributed by atoms with E-state index in [1.165, 1.54) is 17.7 Å². The molecule has 2 rings (SSSR count). The largest absolute Gasteiger partial charge is 0.350 e. The van der Waals surface area contributed by atoms with Crippen LogP contribution in [-0.2, 0) is 17.8 Å². The molecule has 19 heavy (non-hydrogen) atoms. The Bertz CT molecular complexity index is 399. The van der Waals surface area contributed by atoms with Crippen LogP contribution in [0.4, 0.5) is 0 Å². The van der Waals surface area contributed by atoms with Crippen molar-refractivity contribution in [3.8, 4) is 0 Å². The van der Waals surface area contributed by atoms with Gasteiger partial charge in [0.25, 0.3) is 0 Å². The molecule has 0 bridgehead atoms. The van der Waals surface area contributed by atoms with E-state index in [9.17, 15) is 4.79 Å². The fourth-order valence-corrected chi connectivity index (χ4v) is 3.16. The summed E-state index contributed by atoms with van der Waals surface area (Å²) < 4.78 is 0. The Morgan fingerprint density at radius 1 is 1.53 bits per heavy atom. The summed E-state index contributed by atoms with van der Waals surface area (Å²) in [5, 5.41) is 7.33. The number of thiazole rings is 1. The van der Waals surface area contributed by atoms with Gasteiger partial charge in [-0.15, -0.1) is 11.3 Å². The molecule has 0 saturated carbocycles. The molecule has 1 aliphatic rings. The van der Waals surface area contributed by atoms with Gasteiger partial charge in [-0.25, -0.2) is 4.98 Å². The molecule has 0 atom stereocenters. The van der Waals surface area contributed by atoms with Crippen LogP contribution >= 0.6 is 11.3 Å². The molecule has 1 aliphatic heterocycles. The van der Waals surface area contributed by atoms with Gasteiger partial charge in [0.05, 0.1) is 6.54 Å².